The molecule has 1 aromatic carbocycles. The van der Waals surface area contributed by atoms with Gasteiger partial charge in [0, 0.05) is 5.41 Å². The molecule has 4 aliphatic carbocycles. The van der Waals surface area contributed by atoms with Crippen molar-refractivity contribution in [1.82, 2.24) is 0 Å². The predicted octanol–water partition coefficient (Wildman–Crippen LogP) is 6.87. The van der Waals surface area contributed by atoms with E-state index in [-0.39, 0.29) is 0 Å². The molecule has 5 rings (SSSR count). The number of benzene rings is 1. The second kappa shape index (κ2) is 6.57. The Kier molecular flexibility index (Phi) is 4.33. The van der Waals surface area contributed by atoms with Crippen molar-refractivity contribution in [3.8, 4) is 5.75 Å². The summed E-state index contributed by atoms with van der Waals surface area (Å²) in [5.74, 6) is 5.04. The lowest BCUT2D eigenvalue weighted by Crippen LogP contribution is -2.53. The fourth-order valence-corrected chi connectivity index (χ4v) is 8.08. The topological polar surface area (TPSA) is 9.23 Å². The number of fused-ring (bicyclic) bond motifs is 5. The number of hydrogen-bond acceptors (Lipinski definition) is 1. The fourth-order valence-electron chi connectivity index (χ4n) is 8.08. The summed E-state index contributed by atoms with van der Waals surface area (Å²) in [6.07, 6.45) is 16.3. The molecule has 4 fully saturated rings. The van der Waals surface area contributed by atoms with Crippen LogP contribution in [0.25, 0.3) is 0 Å². The smallest absolute Gasteiger partial charge is 0.119 e. The highest BCUT2D eigenvalue weighted by Gasteiger charge is 2.58. The van der Waals surface area contributed by atoms with Gasteiger partial charge in [0.1, 0.15) is 5.75 Å². The third kappa shape index (κ3) is 2.64. The molecule has 142 valence electrons. The third-order valence-electron chi connectivity index (χ3n) is 9.38. The number of hydrogen-bond donors (Lipinski definition) is 0. The van der Waals surface area contributed by atoms with Crippen molar-refractivity contribution >= 4 is 0 Å². The van der Waals surface area contributed by atoms with E-state index in [1.165, 1.54) is 70.6 Å². The second-order valence-corrected chi connectivity index (χ2v) is 10.3. The van der Waals surface area contributed by atoms with Crippen LogP contribution < -0.4 is 4.74 Å². The SMILES string of the molecule is C[C@]12CCCCC1CC[C@@H]1[C@@H]3CCC[C@@]3(COc3ccccc3)CC[C@@H]12. The van der Waals surface area contributed by atoms with Gasteiger partial charge in [-0.25, -0.2) is 0 Å². The van der Waals surface area contributed by atoms with Gasteiger partial charge in [-0.3, -0.25) is 0 Å². The molecule has 26 heavy (non-hydrogen) atoms. The highest BCUT2D eigenvalue weighted by Crippen LogP contribution is 2.66. The summed E-state index contributed by atoms with van der Waals surface area (Å²) < 4.78 is 6.36. The summed E-state index contributed by atoms with van der Waals surface area (Å²) in [4.78, 5) is 0. The molecular weight excluding hydrogens is 316 g/mol. The largest absolute Gasteiger partial charge is 0.493 e. The summed E-state index contributed by atoms with van der Waals surface area (Å²) in [5.41, 5.74) is 1.14. The van der Waals surface area contributed by atoms with E-state index in [0.717, 1.165) is 36.0 Å². The van der Waals surface area contributed by atoms with Crippen LogP contribution in [0.15, 0.2) is 30.3 Å². The maximum atomic E-state index is 6.36. The van der Waals surface area contributed by atoms with Gasteiger partial charge in [-0.05, 0) is 92.6 Å². The van der Waals surface area contributed by atoms with Gasteiger partial charge in [0.2, 0.25) is 0 Å². The van der Waals surface area contributed by atoms with Crippen LogP contribution in [0.2, 0.25) is 0 Å². The Morgan fingerprint density at radius 3 is 2.62 bits per heavy atom. The van der Waals surface area contributed by atoms with Crippen molar-refractivity contribution < 1.29 is 4.74 Å². The maximum Gasteiger partial charge on any atom is 0.119 e. The van der Waals surface area contributed by atoms with E-state index in [9.17, 15) is 0 Å². The van der Waals surface area contributed by atoms with Crippen LogP contribution in [0.5, 0.6) is 5.75 Å². The van der Waals surface area contributed by atoms with Crippen molar-refractivity contribution in [2.24, 2.45) is 34.5 Å². The first-order valence-electron chi connectivity index (χ1n) is 11.4. The Morgan fingerprint density at radius 1 is 0.846 bits per heavy atom. The van der Waals surface area contributed by atoms with Gasteiger partial charge in [-0.1, -0.05) is 44.4 Å². The highest BCUT2D eigenvalue weighted by molar-refractivity contribution is 5.21. The highest BCUT2D eigenvalue weighted by atomic mass is 16.5. The fraction of sp³-hybridized carbons (Fsp3) is 0.760. The summed E-state index contributed by atoms with van der Waals surface area (Å²) >= 11 is 0. The van der Waals surface area contributed by atoms with Gasteiger partial charge in [0.05, 0.1) is 6.61 Å². The lowest BCUT2D eigenvalue weighted by molar-refractivity contribution is -0.115. The molecule has 0 bridgehead atoms. The lowest BCUT2D eigenvalue weighted by atomic mass is 9.45. The minimum Gasteiger partial charge on any atom is -0.493 e. The summed E-state index contributed by atoms with van der Waals surface area (Å²) in [6, 6.07) is 10.5. The Morgan fingerprint density at radius 2 is 1.73 bits per heavy atom. The molecular formula is C25H36O. The number of rotatable bonds is 3. The Hall–Kier alpha value is -0.980. The third-order valence-corrected chi connectivity index (χ3v) is 9.38. The first kappa shape index (κ1) is 17.1. The average Bonchev–Trinajstić information content (AvgIpc) is 3.11. The second-order valence-electron chi connectivity index (χ2n) is 10.3. The summed E-state index contributed by atoms with van der Waals surface area (Å²) in [5, 5.41) is 0. The Balaban J connectivity index is 1.36. The maximum absolute atomic E-state index is 6.36. The number of ether oxygens (including phenoxy) is 1. The molecule has 1 unspecified atom stereocenters. The van der Waals surface area contributed by atoms with E-state index < -0.39 is 0 Å². The molecule has 0 amide bonds. The van der Waals surface area contributed by atoms with Crippen LogP contribution in [-0.2, 0) is 0 Å². The average molecular weight is 353 g/mol. The van der Waals surface area contributed by atoms with Crippen LogP contribution in [0.4, 0.5) is 0 Å². The molecule has 0 aliphatic heterocycles. The molecule has 1 heteroatoms. The summed E-state index contributed by atoms with van der Waals surface area (Å²) in [6.45, 7) is 3.65. The lowest BCUT2D eigenvalue weighted by Gasteiger charge is -2.60. The van der Waals surface area contributed by atoms with E-state index in [0.29, 0.717) is 10.8 Å². The van der Waals surface area contributed by atoms with Crippen LogP contribution in [0.1, 0.15) is 77.6 Å². The molecule has 0 N–H and O–H groups in total. The molecule has 0 heterocycles. The van der Waals surface area contributed by atoms with Crippen molar-refractivity contribution in [3.63, 3.8) is 0 Å². The standard InChI is InChI=1S/C25H36O/c1-24-15-6-5-8-19(24)12-13-21-22(24)14-17-25(16-7-11-23(21)25)18-26-20-9-3-2-4-10-20/h2-4,9-10,19,21-23H,5-8,11-18H2,1H3/t19?,21-,22-,23-,24-,25-/m0/s1. The normalized spacial score (nSPS) is 44.7. The van der Waals surface area contributed by atoms with Crippen LogP contribution in [-0.4, -0.2) is 6.61 Å². The van der Waals surface area contributed by atoms with E-state index in [4.69, 9.17) is 4.74 Å². The monoisotopic (exact) mass is 352 g/mol. The molecule has 4 aliphatic rings. The minimum absolute atomic E-state index is 0.481. The zero-order chi connectivity index (χ0) is 17.6. The minimum atomic E-state index is 0.481. The Bertz CT molecular complexity index is 624. The quantitative estimate of drug-likeness (QED) is 0.577. The van der Waals surface area contributed by atoms with Gasteiger partial charge >= 0.3 is 0 Å². The van der Waals surface area contributed by atoms with E-state index in [1.807, 2.05) is 0 Å². The Labute approximate surface area is 159 Å². The van der Waals surface area contributed by atoms with E-state index in [1.54, 1.807) is 0 Å². The first-order valence-corrected chi connectivity index (χ1v) is 11.4. The number of para-hydroxylation sites is 1. The van der Waals surface area contributed by atoms with E-state index in [2.05, 4.69) is 37.3 Å². The molecule has 6 atom stereocenters. The van der Waals surface area contributed by atoms with Gasteiger partial charge in [0.25, 0.3) is 0 Å². The molecule has 4 saturated carbocycles. The van der Waals surface area contributed by atoms with Crippen molar-refractivity contribution in [1.29, 1.82) is 0 Å². The summed E-state index contributed by atoms with van der Waals surface area (Å²) in [7, 11) is 0. The molecule has 1 aromatic rings. The zero-order valence-electron chi connectivity index (χ0n) is 16.6. The molecule has 0 radical (unpaired) electrons. The zero-order valence-corrected chi connectivity index (χ0v) is 16.6. The van der Waals surface area contributed by atoms with Crippen LogP contribution >= 0.6 is 0 Å². The van der Waals surface area contributed by atoms with Gasteiger partial charge in [-0.15, -0.1) is 0 Å². The molecule has 1 nitrogen and oxygen atoms in total. The van der Waals surface area contributed by atoms with Gasteiger partial charge in [-0.2, -0.15) is 0 Å². The van der Waals surface area contributed by atoms with Crippen molar-refractivity contribution in [2.75, 3.05) is 6.61 Å². The predicted molar refractivity (Wildman–Crippen MR) is 107 cm³/mol. The van der Waals surface area contributed by atoms with Gasteiger partial charge in [0.15, 0.2) is 0 Å². The van der Waals surface area contributed by atoms with Crippen molar-refractivity contribution in [3.05, 3.63) is 30.3 Å². The molecule has 0 saturated heterocycles. The van der Waals surface area contributed by atoms with Crippen LogP contribution in [0, 0.1) is 34.5 Å². The van der Waals surface area contributed by atoms with Crippen molar-refractivity contribution in [2.45, 2.75) is 77.6 Å². The molecule has 0 aromatic heterocycles. The van der Waals surface area contributed by atoms with Crippen LogP contribution in [0.3, 0.4) is 0 Å². The van der Waals surface area contributed by atoms with E-state index >= 15 is 0 Å². The van der Waals surface area contributed by atoms with Gasteiger partial charge < -0.3 is 4.74 Å². The first-order chi connectivity index (χ1) is 12.7. The molecule has 0 spiro atoms.